The maximum atomic E-state index is 12.7. The number of hydrogen-bond acceptors (Lipinski definition) is 11. The highest BCUT2D eigenvalue weighted by Gasteiger charge is 2.48. The minimum absolute atomic E-state index is 0.00569. The Kier molecular flexibility index (Phi) is 5.59. The molecule has 0 spiro atoms. The Morgan fingerprint density at radius 2 is 1.61 bits per heavy atom. The molecule has 2 aromatic carbocycles. The van der Waals surface area contributed by atoms with Crippen LogP contribution in [0, 0.1) is 0 Å². The predicted octanol–water partition coefficient (Wildman–Crippen LogP) is -0.152. The number of aliphatic hydroxyl groups is 3. The van der Waals surface area contributed by atoms with E-state index in [2.05, 4.69) is 0 Å². The third kappa shape index (κ3) is 3.91. The van der Waals surface area contributed by atoms with Crippen molar-refractivity contribution in [3.8, 4) is 34.3 Å². The van der Waals surface area contributed by atoms with E-state index in [0.717, 1.165) is 12.1 Å². The normalized spacial score (nSPS) is 25.1. The van der Waals surface area contributed by atoms with Gasteiger partial charge in [-0.1, -0.05) is 0 Å². The molecule has 0 radical (unpaired) electrons. The van der Waals surface area contributed by atoms with E-state index in [1.54, 1.807) is 0 Å². The number of benzene rings is 2. The Morgan fingerprint density at radius 1 is 0.939 bits per heavy atom. The van der Waals surface area contributed by atoms with E-state index in [4.69, 9.17) is 19.0 Å². The quantitative estimate of drug-likeness (QED) is 0.270. The number of fused-ring (bicyclic) bond motifs is 1. The van der Waals surface area contributed by atoms with Gasteiger partial charge in [0.05, 0.1) is 0 Å². The Hall–Kier alpha value is -3.84. The number of rotatable bonds is 4. The van der Waals surface area contributed by atoms with Crippen LogP contribution in [0.15, 0.2) is 45.6 Å². The van der Waals surface area contributed by atoms with Gasteiger partial charge in [-0.15, -0.1) is 0 Å². The molecule has 0 amide bonds. The van der Waals surface area contributed by atoms with E-state index in [-0.39, 0.29) is 17.1 Å². The summed E-state index contributed by atoms with van der Waals surface area (Å²) in [6.07, 6.45) is -9.81. The van der Waals surface area contributed by atoms with Crippen LogP contribution in [0.25, 0.3) is 22.3 Å². The summed E-state index contributed by atoms with van der Waals surface area (Å²) in [6.45, 7) is 0. The van der Waals surface area contributed by atoms with Gasteiger partial charge in [0.1, 0.15) is 40.8 Å². The molecular formula is C21H18O12. The molecule has 174 valence electrons. The number of aromatic hydroxyl groups is 3. The zero-order valence-corrected chi connectivity index (χ0v) is 16.5. The first-order valence-corrected chi connectivity index (χ1v) is 9.49. The lowest BCUT2D eigenvalue weighted by Crippen LogP contribution is -2.61. The van der Waals surface area contributed by atoms with Crippen molar-refractivity contribution in [1.82, 2.24) is 0 Å². The van der Waals surface area contributed by atoms with E-state index < -0.39 is 64.7 Å². The van der Waals surface area contributed by atoms with Gasteiger partial charge in [-0.25, -0.2) is 4.79 Å². The van der Waals surface area contributed by atoms with Crippen molar-refractivity contribution in [1.29, 1.82) is 0 Å². The van der Waals surface area contributed by atoms with Crippen molar-refractivity contribution in [2.24, 2.45) is 0 Å². The second kappa shape index (κ2) is 8.26. The van der Waals surface area contributed by atoms with Gasteiger partial charge in [0.15, 0.2) is 23.0 Å². The summed E-state index contributed by atoms with van der Waals surface area (Å²) in [5.41, 5.74) is -0.528. The molecule has 0 bridgehead atoms. The average Bonchev–Trinajstić information content (AvgIpc) is 2.76. The minimum atomic E-state index is -1.98. The van der Waals surface area contributed by atoms with Crippen LogP contribution in [-0.2, 0) is 9.53 Å². The number of carboxylic acids is 1. The molecule has 33 heavy (non-hydrogen) atoms. The average molecular weight is 462 g/mol. The van der Waals surface area contributed by atoms with Gasteiger partial charge >= 0.3 is 5.97 Å². The molecule has 0 unspecified atom stereocenters. The highest BCUT2D eigenvalue weighted by atomic mass is 16.7. The highest BCUT2D eigenvalue weighted by molar-refractivity contribution is 5.89. The van der Waals surface area contributed by atoms with Gasteiger partial charge < -0.3 is 49.6 Å². The summed E-state index contributed by atoms with van der Waals surface area (Å²) in [5, 5.41) is 68.8. The van der Waals surface area contributed by atoms with E-state index in [9.17, 15) is 40.2 Å². The molecular weight excluding hydrogens is 444 g/mol. The Bertz CT molecular complexity index is 1260. The molecule has 3 aromatic rings. The number of phenolic OH excluding ortho intramolecular Hbond substituents is 3. The van der Waals surface area contributed by atoms with Gasteiger partial charge in [-0.3, -0.25) is 4.79 Å². The fraction of sp³-hybridized carbons (Fsp3) is 0.238. The van der Waals surface area contributed by atoms with Crippen molar-refractivity contribution in [2.45, 2.75) is 30.7 Å². The molecule has 12 nitrogen and oxygen atoms in total. The van der Waals surface area contributed by atoms with Gasteiger partial charge in [0.2, 0.25) is 12.0 Å². The fourth-order valence-electron chi connectivity index (χ4n) is 3.42. The van der Waals surface area contributed by atoms with Gasteiger partial charge in [0, 0.05) is 17.7 Å². The number of phenols is 3. The molecule has 5 atom stereocenters. The van der Waals surface area contributed by atoms with Crippen LogP contribution in [0.5, 0.6) is 23.0 Å². The lowest BCUT2D eigenvalue weighted by molar-refractivity contribution is -0.271. The molecule has 2 heterocycles. The van der Waals surface area contributed by atoms with Crippen LogP contribution < -0.4 is 10.2 Å². The third-order valence-corrected chi connectivity index (χ3v) is 5.13. The SMILES string of the molecule is O=C(O)[C@H]1O[C@@H](Oc2c(O)cc3oc(-c4ccc(O)cc4)cc(=O)c3c2O)[C@H](O)[C@@H](O)[C@@H]1O. The van der Waals surface area contributed by atoms with Crippen LogP contribution >= 0.6 is 0 Å². The molecule has 1 aliphatic heterocycles. The predicted molar refractivity (Wildman–Crippen MR) is 108 cm³/mol. The summed E-state index contributed by atoms with van der Waals surface area (Å²) in [7, 11) is 0. The first kappa shape index (κ1) is 22.4. The van der Waals surface area contributed by atoms with Crippen LogP contribution in [-0.4, -0.2) is 72.4 Å². The summed E-state index contributed by atoms with van der Waals surface area (Å²) in [4.78, 5) is 23.9. The van der Waals surface area contributed by atoms with Crippen LogP contribution in [0.1, 0.15) is 0 Å². The van der Waals surface area contributed by atoms with Crippen LogP contribution in [0.4, 0.5) is 0 Å². The van der Waals surface area contributed by atoms with Crippen molar-refractivity contribution >= 4 is 16.9 Å². The number of aliphatic carboxylic acids is 1. The Morgan fingerprint density at radius 3 is 2.24 bits per heavy atom. The van der Waals surface area contributed by atoms with Crippen LogP contribution in [0.3, 0.4) is 0 Å². The molecule has 12 heteroatoms. The largest absolute Gasteiger partial charge is 0.508 e. The maximum absolute atomic E-state index is 12.7. The smallest absolute Gasteiger partial charge is 0.335 e. The summed E-state index contributed by atoms with van der Waals surface area (Å²) < 4.78 is 15.8. The van der Waals surface area contributed by atoms with Crippen molar-refractivity contribution in [2.75, 3.05) is 0 Å². The van der Waals surface area contributed by atoms with Crippen LogP contribution in [0.2, 0.25) is 0 Å². The first-order valence-electron chi connectivity index (χ1n) is 9.49. The van der Waals surface area contributed by atoms with Gasteiger partial charge in [-0.05, 0) is 24.3 Å². The molecule has 4 rings (SSSR count). The van der Waals surface area contributed by atoms with Crippen molar-refractivity contribution in [3.63, 3.8) is 0 Å². The van der Waals surface area contributed by atoms with E-state index in [1.165, 1.54) is 24.3 Å². The first-order chi connectivity index (χ1) is 15.6. The molecule has 0 aliphatic carbocycles. The topological polar surface area (TPSA) is 207 Å². The Labute approximate surface area is 183 Å². The number of hydrogen-bond donors (Lipinski definition) is 7. The number of carbonyl (C=O) groups is 1. The zero-order chi connectivity index (χ0) is 24.0. The van der Waals surface area contributed by atoms with E-state index >= 15 is 0 Å². The van der Waals surface area contributed by atoms with Gasteiger partial charge in [-0.2, -0.15) is 0 Å². The highest BCUT2D eigenvalue weighted by Crippen LogP contribution is 2.43. The van der Waals surface area contributed by atoms with E-state index in [0.29, 0.717) is 5.56 Å². The van der Waals surface area contributed by atoms with Crippen molar-refractivity contribution < 1.29 is 54.4 Å². The number of ether oxygens (including phenoxy) is 2. The number of carboxylic acid groups (broad SMARTS) is 1. The summed E-state index contributed by atoms with van der Waals surface area (Å²) in [5.74, 6) is -3.98. The maximum Gasteiger partial charge on any atom is 0.335 e. The third-order valence-electron chi connectivity index (χ3n) is 5.13. The minimum Gasteiger partial charge on any atom is -0.508 e. The zero-order valence-electron chi connectivity index (χ0n) is 16.5. The number of aliphatic hydroxyl groups excluding tert-OH is 3. The molecule has 7 N–H and O–H groups in total. The Balaban J connectivity index is 1.74. The standard InChI is InChI=1S/C21H18O12/c22-8-3-1-7(2-4-8)11-5-9(23)13-12(31-11)6-10(24)18(14(13)25)32-21-17(28)15(26)16(27)19(33-21)20(29)30/h1-6,15-17,19,21-22,24-28H,(H,29,30)/t15-,16-,17+,19-,21+/m0/s1. The molecule has 1 aromatic heterocycles. The molecule has 1 aliphatic rings. The molecule has 0 saturated carbocycles. The lowest BCUT2D eigenvalue weighted by atomic mass is 9.99. The lowest BCUT2D eigenvalue weighted by Gasteiger charge is -2.38. The second-order valence-corrected chi connectivity index (χ2v) is 7.32. The van der Waals surface area contributed by atoms with Crippen molar-refractivity contribution in [3.05, 3.63) is 46.6 Å². The van der Waals surface area contributed by atoms with Gasteiger partial charge in [0.25, 0.3) is 0 Å². The van der Waals surface area contributed by atoms with E-state index in [1.807, 2.05) is 0 Å². The monoisotopic (exact) mass is 462 g/mol. The summed E-state index contributed by atoms with van der Waals surface area (Å²) >= 11 is 0. The second-order valence-electron chi connectivity index (χ2n) is 7.32. The molecule has 1 saturated heterocycles. The molecule has 1 fully saturated rings. The summed E-state index contributed by atoms with van der Waals surface area (Å²) in [6, 6.07) is 7.72. The fourth-order valence-corrected chi connectivity index (χ4v) is 3.42.